The molecule has 2 N–H and O–H groups in total. The Labute approximate surface area is 150 Å². The van der Waals surface area contributed by atoms with Crippen LogP contribution in [0.4, 0.5) is 10.1 Å². The van der Waals surface area contributed by atoms with Crippen LogP contribution >= 0.6 is 11.6 Å². The van der Waals surface area contributed by atoms with Crippen molar-refractivity contribution in [2.24, 2.45) is 11.8 Å². The van der Waals surface area contributed by atoms with Gasteiger partial charge in [0.2, 0.25) is 11.8 Å². The smallest absolute Gasteiger partial charge is 0.228 e. The second kappa shape index (κ2) is 7.66. The highest BCUT2D eigenvalue weighted by atomic mass is 35.5. The lowest BCUT2D eigenvalue weighted by Gasteiger charge is -2.07. The van der Waals surface area contributed by atoms with Crippen LogP contribution < -0.4 is 10.6 Å². The predicted molar refractivity (Wildman–Crippen MR) is 94.8 cm³/mol. The molecule has 1 aliphatic carbocycles. The quantitative estimate of drug-likeness (QED) is 0.829. The van der Waals surface area contributed by atoms with Gasteiger partial charge in [0.1, 0.15) is 5.82 Å². The van der Waals surface area contributed by atoms with Gasteiger partial charge in [0, 0.05) is 6.54 Å². The summed E-state index contributed by atoms with van der Waals surface area (Å²) in [6, 6.07) is 13.4. The van der Waals surface area contributed by atoms with Gasteiger partial charge >= 0.3 is 0 Å². The lowest BCUT2D eigenvalue weighted by molar-refractivity contribution is -0.125. The largest absolute Gasteiger partial charge is 0.356 e. The van der Waals surface area contributed by atoms with E-state index in [2.05, 4.69) is 10.6 Å². The van der Waals surface area contributed by atoms with Crippen LogP contribution in [0.3, 0.4) is 0 Å². The van der Waals surface area contributed by atoms with E-state index >= 15 is 0 Å². The molecule has 0 aliphatic heterocycles. The summed E-state index contributed by atoms with van der Waals surface area (Å²) in [7, 11) is 0. The summed E-state index contributed by atoms with van der Waals surface area (Å²) in [5.41, 5.74) is 1.10. The van der Waals surface area contributed by atoms with Crippen molar-refractivity contribution in [3.05, 3.63) is 64.9 Å². The van der Waals surface area contributed by atoms with Gasteiger partial charge in [0.05, 0.1) is 22.5 Å². The molecular weight excluding hydrogens is 343 g/mol. The van der Waals surface area contributed by atoms with Crippen molar-refractivity contribution in [3.8, 4) is 0 Å². The van der Waals surface area contributed by atoms with Gasteiger partial charge in [-0.15, -0.1) is 0 Å². The summed E-state index contributed by atoms with van der Waals surface area (Å²) >= 11 is 6.01. The summed E-state index contributed by atoms with van der Waals surface area (Å²) in [5.74, 6) is -1.33. The SMILES string of the molecule is O=C(NCCc1ccccc1F)C1CC1C(=O)Nc1ccccc1Cl. The Bertz CT molecular complexity index is 796. The molecule has 1 saturated carbocycles. The van der Waals surface area contributed by atoms with Gasteiger partial charge in [0.25, 0.3) is 0 Å². The van der Waals surface area contributed by atoms with E-state index in [1.807, 2.05) is 0 Å². The molecule has 2 atom stereocenters. The maximum absolute atomic E-state index is 13.5. The maximum atomic E-state index is 13.5. The molecule has 0 heterocycles. The second-order valence-corrected chi connectivity index (χ2v) is 6.46. The highest BCUT2D eigenvalue weighted by Crippen LogP contribution is 2.39. The van der Waals surface area contributed by atoms with Crippen LogP contribution in [0.1, 0.15) is 12.0 Å². The van der Waals surface area contributed by atoms with Crippen LogP contribution in [0.15, 0.2) is 48.5 Å². The number of benzene rings is 2. The second-order valence-electron chi connectivity index (χ2n) is 6.05. The Morgan fingerprint density at radius 3 is 2.48 bits per heavy atom. The third-order valence-corrected chi connectivity index (χ3v) is 4.58. The standard InChI is InChI=1S/C19H18ClFN2O2/c20-15-6-2-4-8-17(15)23-19(25)14-11-13(14)18(24)22-10-9-12-5-1-3-7-16(12)21/h1-8,13-14H,9-11H2,(H,22,24)(H,23,25). The first kappa shape index (κ1) is 17.4. The van der Waals surface area contributed by atoms with Crippen LogP contribution in [0.2, 0.25) is 5.02 Å². The molecule has 0 aromatic heterocycles. The molecule has 130 valence electrons. The third-order valence-electron chi connectivity index (χ3n) is 4.25. The van der Waals surface area contributed by atoms with Gasteiger partial charge in [-0.05, 0) is 36.6 Å². The number of anilines is 1. The molecule has 1 fully saturated rings. The van der Waals surface area contributed by atoms with Gasteiger partial charge in [-0.2, -0.15) is 0 Å². The van der Waals surface area contributed by atoms with Crippen LogP contribution in [0, 0.1) is 17.7 Å². The predicted octanol–water partition coefficient (Wildman–Crippen LogP) is 3.41. The normalized spacial score (nSPS) is 18.5. The van der Waals surface area contributed by atoms with E-state index in [0.717, 1.165) is 0 Å². The van der Waals surface area contributed by atoms with E-state index in [9.17, 15) is 14.0 Å². The Balaban J connectivity index is 1.45. The van der Waals surface area contributed by atoms with Crippen molar-refractivity contribution in [2.75, 3.05) is 11.9 Å². The van der Waals surface area contributed by atoms with Gasteiger partial charge in [-0.1, -0.05) is 41.9 Å². The summed E-state index contributed by atoms with van der Waals surface area (Å²) in [6.45, 7) is 0.342. The molecule has 1 aliphatic rings. The average molecular weight is 361 g/mol. The number of hydrogen-bond acceptors (Lipinski definition) is 2. The molecule has 25 heavy (non-hydrogen) atoms. The molecular formula is C19H18ClFN2O2. The van der Waals surface area contributed by atoms with Crippen LogP contribution in [-0.4, -0.2) is 18.4 Å². The van der Waals surface area contributed by atoms with Crippen molar-refractivity contribution in [2.45, 2.75) is 12.8 Å². The lowest BCUT2D eigenvalue weighted by atomic mass is 10.1. The van der Waals surface area contributed by atoms with Gasteiger partial charge in [-0.25, -0.2) is 4.39 Å². The first-order chi connectivity index (χ1) is 12.1. The minimum Gasteiger partial charge on any atom is -0.356 e. The van der Waals surface area contributed by atoms with Crippen molar-refractivity contribution >= 4 is 29.1 Å². The van der Waals surface area contributed by atoms with Crippen molar-refractivity contribution in [1.82, 2.24) is 5.32 Å². The number of hydrogen-bond donors (Lipinski definition) is 2. The van der Waals surface area contributed by atoms with Crippen molar-refractivity contribution in [3.63, 3.8) is 0 Å². The summed E-state index contributed by atoms with van der Waals surface area (Å²) in [4.78, 5) is 24.3. The van der Waals surface area contributed by atoms with Crippen LogP contribution in [-0.2, 0) is 16.0 Å². The fourth-order valence-electron chi connectivity index (χ4n) is 2.72. The number of rotatable bonds is 6. The highest BCUT2D eigenvalue weighted by Gasteiger charge is 2.47. The Hall–Kier alpha value is -2.40. The highest BCUT2D eigenvalue weighted by molar-refractivity contribution is 6.33. The fraction of sp³-hybridized carbons (Fsp3) is 0.263. The molecule has 2 aromatic carbocycles. The van der Waals surface area contributed by atoms with E-state index in [-0.39, 0.29) is 29.5 Å². The minimum absolute atomic E-state index is 0.171. The fourth-order valence-corrected chi connectivity index (χ4v) is 2.90. The molecule has 6 heteroatoms. The molecule has 0 spiro atoms. The number of carbonyl (C=O) groups excluding carboxylic acids is 2. The van der Waals surface area contributed by atoms with E-state index in [0.29, 0.717) is 35.7 Å². The molecule has 2 aromatic rings. The molecule has 2 unspecified atom stereocenters. The van der Waals surface area contributed by atoms with Crippen LogP contribution in [0.5, 0.6) is 0 Å². The Morgan fingerprint density at radius 1 is 1.04 bits per heavy atom. The first-order valence-electron chi connectivity index (χ1n) is 8.13. The van der Waals surface area contributed by atoms with Gasteiger partial charge in [0.15, 0.2) is 0 Å². The lowest BCUT2D eigenvalue weighted by Crippen LogP contribution is -2.29. The number of para-hydroxylation sites is 1. The number of halogens is 2. The number of nitrogens with one attached hydrogen (secondary N) is 2. The first-order valence-corrected chi connectivity index (χ1v) is 8.50. The molecule has 0 saturated heterocycles. The Kier molecular flexibility index (Phi) is 5.34. The van der Waals surface area contributed by atoms with Crippen molar-refractivity contribution < 1.29 is 14.0 Å². The number of carbonyl (C=O) groups is 2. The minimum atomic E-state index is -0.343. The number of amides is 2. The monoisotopic (exact) mass is 360 g/mol. The van der Waals surface area contributed by atoms with E-state index < -0.39 is 0 Å². The van der Waals surface area contributed by atoms with Crippen molar-refractivity contribution in [1.29, 1.82) is 0 Å². The summed E-state index contributed by atoms with van der Waals surface area (Å²) < 4.78 is 13.5. The molecule has 2 amide bonds. The van der Waals surface area contributed by atoms with Crippen LogP contribution in [0.25, 0.3) is 0 Å². The maximum Gasteiger partial charge on any atom is 0.228 e. The average Bonchev–Trinajstić information content (AvgIpc) is 3.39. The summed E-state index contributed by atoms with van der Waals surface area (Å²) in [5, 5.41) is 5.98. The molecule has 3 rings (SSSR count). The van der Waals surface area contributed by atoms with E-state index in [1.54, 1.807) is 42.5 Å². The molecule has 0 bridgehead atoms. The zero-order valence-corrected chi connectivity index (χ0v) is 14.2. The molecule has 4 nitrogen and oxygen atoms in total. The van der Waals surface area contributed by atoms with Gasteiger partial charge in [-0.3, -0.25) is 9.59 Å². The van der Waals surface area contributed by atoms with Gasteiger partial charge < -0.3 is 10.6 Å². The third kappa shape index (κ3) is 4.37. The summed E-state index contributed by atoms with van der Waals surface area (Å²) in [6.07, 6.45) is 0.934. The zero-order chi connectivity index (χ0) is 17.8. The molecule has 0 radical (unpaired) electrons. The van der Waals surface area contributed by atoms with E-state index in [4.69, 9.17) is 11.6 Å². The van der Waals surface area contributed by atoms with E-state index in [1.165, 1.54) is 6.07 Å². The zero-order valence-electron chi connectivity index (χ0n) is 13.5. The topological polar surface area (TPSA) is 58.2 Å². The Morgan fingerprint density at radius 2 is 1.72 bits per heavy atom.